The maximum Gasteiger partial charge on any atom is 0.0217 e. The number of likely N-dealkylation sites (tertiary alicyclic amines) is 1. The Hall–Kier alpha value is -0.430. The summed E-state index contributed by atoms with van der Waals surface area (Å²) < 4.78 is 0. The van der Waals surface area contributed by atoms with E-state index in [1.807, 2.05) is 0 Å². The molecule has 0 aromatic heterocycles. The van der Waals surface area contributed by atoms with Gasteiger partial charge < -0.3 is 26.6 Å². The highest BCUT2D eigenvalue weighted by atomic mass is 35.5. The highest BCUT2D eigenvalue weighted by Crippen LogP contribution is 2.45. The maximum atomic E-state index is 6.24. The summed E-state index contributed by atoms with van der Waals surface area (Å²) in [7, 11) is 0. The summed E-state index contributed by atoms with van der Waals surface area (Å²) in [5, 5.41) is 5.02. The molecule has 6 heteroatoms. The Kier molecular flexibility index (Phi) is 15.3. The average molecular weight is 489 g/mol. The van der Waals surface area contributed by atoms with Crippen LogP contribution in [0.4, 0.5) is 0 Å². The summed E-state index contributed by atoms with van der Waals surface area (Å²) in [5.74, 6) is 3.29. The normalized spacial score (nSPS) is 28.2. The Labute approximate surface area is 208 Å². The fourth-order valence-electron chi connectivity index (χ4n) is 6.29. The summed E-state index contributed by atoms with van der Waals surface area (Å²) in [6, 6.07) is 0.611. The quantitative estimate of drug-likeness (QED) is 0.379. The molecular weight excluding hydrogens is 436 g/mol. The van der Waals surface area contributed by atoms with Gasteiger partial charge in [-0.05, 0) is 100.0 Å². The maximum absolute atomic E-state index is 6.24. The van der Waals surface area contributed by atoms with Crippen LogP contribution in [-0.2, 0) is 0 Å². The van der Waals surface area contributed by atoms with Crippen LogP contribution in [-0.4, -0.2) is 53.5 Å². The molecule has 0 bridgehead atoms. The first-order valence-corrected chi connectivity index (χ1v) is 13.2. The van der Waals surface area contributed by atoms with Crippen LogP contribution in [0.5, 0.6) is 0 Å². The lowest BCUT2D eigenvalue weighted by Crippen LogP contribution is -2.53. The molecule has 3 rings (SSSR count). The zero-order valence-electron chi connectivity index (χ0n) is 21.6. The predicted molar refractivity (Wildman–Crippen MR) is 143 cm³/mol. The molecule has 2 aliphatic carbocycles. The largest absolute Gasteiger partial charge is 0.412 e. The van der Waals surface area contributed by atoms with Gasteiger partial charge in [-0.25, -0.2) is 0 Å². The summed E-state index contributed by atoms with van der Waals surface area (Å²) in [4.78, 5) is 2.76. The van der Waals surface area contributed by atoms with Gasteiger partial charge in [-0.2, -0.15) is 0 Å². The van der Waals surface area contributed by atoms with Gasteiger partial charge in [0.25, 0.3) is 0 Å². The van der Waals surface area contributed by atoms with E-state index in [1.165, 1.54) is 77.5 Å². The van der Waals surface area contributed by atoms with E-state index in [9.17, 15) is 0 Å². The van der Waals surface area contributed by atoms with Crippen LogP contribution in [0.3, 0.4) is 0 Å². The van der Waals surface area contributed by atoms with Gasteiger partial charge >= 0.3 is 0 Å². The molecule has 1 heterocycles. The highest BCUT2D eigenvalue weighted by molar-refractivity contribution is 6.29. The second kappa shape index (κ2) is 15.5. The summed E-state index contributed by atoms with van der Waals surface area (Å²) in [6.07, 6.45) is 18.7. The number of hydrogen-bond acceptors (Lipinski definition) is 2. The lowest BCUT2D eigenvalue weighted by atomic mass is 9.65. The second-order valence-corrected chi connectivity index (χ2v) is 11.9. The minimum Gasteiger partial charge on any atom is -0.412 e. The molecule has 196 valence electrons. The van der Waals surface area contributed by atoms with Crippen LogP contribution < -0.4 is 5.32 Å². The smallest absolute Gasteiger partial charge is 0.0217 e. The van der Waals surface area contributed by atoms with E-state index in [0.717, 1.165) is 29.2 Å². The van der Waals surface area contributed by atoms with Crippen LogP contribution in [0.15, 0.2) is 23.3 Å². The van der Waals surface area contributed by atoms with Crippen molar-refractivity contribution in [2.75, 3.05) is 26.2 Å². The van der Waals surface area contributed by atoms with Crippen molar-refractivity contribution in [3.63, 3.8) is 0 Å². The third-order valence-electron chi connectivity index (χ3n) is 8.19. The van der Waals surface area contributed by atoms with Gasteiger partial charge in [0.2, 0.25) is 0 Å². The molecule has 0 saturated carbocycles. The van der Waals surface area contributed by atoms with E-state index in [-0.39, 0.29) is 16.4 Å². The zero-order chi connectivity index (χ0) is 21.6. The molecular formula is C27H53ClN2O3. The molecule has 0 aromatic rings. The van der Waals surface area contributed by atoms with Gasteiger partial charge in [0.05, 0.1) is 0 Å². The number of hydrogen-bond donors (Lipinski definition) is 1. The van der Waals surface area contributed by atoms with Gasteiger partial charge in [0.15, 0.2) is 0 Å². The van der Waals surface area contributed by atoms with Crippen LogP contribution in [0.1, 0.15) is 85.5 Å². The lowest BCUT2D eigenvalue weighted by Gasteiger charge is -2.49. The van der Waals surface area contributed by atoms with Gasteiger partial charge in [0.1, 0.15) is 0 Å². The SMILES string of the molecule is CC(C)[C@H](CN1CCC(C2CC=C(Cl)CC2)C(C)(C)C1)NCCCC1CC=CCC1.O.O.O. The van der Waals surface area contributed by atoms with Crippen molar-refractivity contribution in [1.82, 2.24) is 10.2 Å². The number of halogens is 1. The van der Waals surface area contributed by atoms with Crippen molar-refractivity contribution in [2.45, 2.75) is 91.5 Å². The van der Waals surface area contributed by atoms with Crippen molar-refractivity contribution in [1.29, 1.82) is 0 Å². The average Bonchev–Trinajstić information content (AvgIpc) is 2.71. The molecule has 33 heavy (non-hydrogen) atoms. The fourth-order valence-corrected chi connectivity index (χ4v) is 6.49. The Morgan fingerprint density at radius 1 is 1.09 bits per heavy atom. The molecule has 0 amide bonds. The van der Waals surface area contributed by atoms with Crippen molar-refractivity contribution in [2.24, 2.45) is 29.1 Å². The Bertz CT molecular complexity index is 594. The molecule has 7 N–H and O–H groups in total. The van der Waals surface area contributed by atoms with E-state index < -0.39 is 0 Å². The third-order valence-corrected chi connectivity index (χ3v) is 8.53. The third kappa shape index (κ3) is 9.99. The zero-order valence-corrected chi connectivity index (χ0v) is 22.4. The van der Waals surface area contributed by atoms with Gasteiger partial charge in [-0.1, -0.05) is 57.5 Å². The van der Waals surface area contributed by atoms with E-state index in [1.54, 1.807) is 0 Å². The van der Waals surface area contributed by atoms with E-state index in [2.05, 4.69) is 56.1 Å². The van der Waals surface area contributed by atoms with Crippen molar-refractivity contribution in [3.8, 4) is 0 Å². The molecule has 1 aliphatic heterocycles. The van der Waals surface area contributed by atoms with Crippen LogP contribution in [0.25, 0.3) is 0 Å². The molecule has 0 aromatic carbocycles. The number of allylic oxidation sites excluding steroid dienone is 4. The second-order valence-electron chi connectivity index (χ2n) is 11.4. The first-order chi connectivity index (χ1) is 14.3. The summed E-state index contributed by atoms with van der Waals surface area (Å²) >= 11 is 6.24. The van der Waals surface area contributed by atoms with Crippen LogP contribution >= 0.6 is 11.6 Å². The molecule has 3 unspecified atom stereocenters. The molecule has 0 spiro atoms. The van der Waals surface area contributed by atoms with Crippen molar-refractivity contribution >= 4 is 11.6 Å². The molecule has 4 atom stereocenters. The molecule has 0 radical (unpaired) electrons. The Morgan fingerprint density at radius 3 is 2.42 bits per heavy atom. The van der Waals surface area contributed by atoms with Gasteiger partial charge in [-0.3, -0.25) is 0 Å². The van der Waals surface area contributed by atoms with E-state index >= 15 is 0 Å². The summed E-state index contributed by atoms with van der Waals surface area (Å²) in [6.45, 7) is 14.7. The molecule has 1 fully saturated rings. The van der Waals surface area contributed by atoms with E-state index in [4.69, 9.17) is 11.6 Å². The predicted octanol–water partition coefficient (Wildman–Crippen LogP) is 4.53. The number of rotatable bonds is 9. The number of nitrogens with zero attached hydrogens (tertiary/aromatic N) is 1. The van der Waals surface area contributed by atoms with Crippen molar-refractivity contribution in [3.05, 3.63) is 23.3 Å². The minimum atomic E-state index is 0. The van der Waals surface area contributed by atoms with Crippen LogP contribution in [0.2, 0.25) is 0 Å². The number of piperidine rings is 1. The van der Waals surface area contributed by atoms with Crippen molar-refractivity contribution < 1.29 is 16.4 Å². The summed E-state index contributed by atoms with van der Waals surface area (Å²) in [5.41, 5.74) is 0.399. The van der Waals surface area contributed by atoms with Gasteiger partial charge in [0, 0.05) is 24.2 Å². The molecule has 3 aliphatic rings. The monoisotopic (exact) mass is 488 g/mol. The Balaban J connectivity index is 0.00000341. The topological polar surface area (TPSA) is 110 Å². The minimum absolute atomic E-state index is 0. The standard InChI is InChI=1S/C27H47ClN2.3H2O/c1-21(2)26(29-17-8-11-22-9-6-5-7-10-22)19-30-18-16-25(27(3,4)20-30)23-12-14-24(28)15-13-23;;;/h5-6,14,21-23,25-26,29H,7-13,15-20H2,1-4H3;3*1H2/t22?,23?,25?,26-;;;/m0.../s1. The Morgan fingerprint density at radius 2 is 1.85 bits per heavy atom. The van der Waals surface area contributed by atoms with E-state index in [0.29, 0.717) is 17.4 Å². The lowest BCUT2D eigenvalue weighted by molar-refractivity contribution is 0.0118. The van der Waals surface area contributed by atoms with Gasteiger partial charge in [-0.15, -0.1) is 0 Å². The number of nitrogens with one attached hydrogen (secondary N) is 1. The highest BCUT2D eigenvalue weighted by Gasteiger charge is 2.40. The first-order valence-electron chi connectivity index (χ1n) is 12.8. The van der Waals surface area contributed by atoms with Crippen LogP contribution in [0, 0.1) is 29.1 Å². The first kappa shape index (κ1) is 32.6. The fraction of sp³-hybridized carbons (Fsp3) is 0.852. The molecule has 1 saturated heterocycles. The molecule has 5 nitrogen and oxygen atoms in total.